The van der Waals surface area contributed by atoms with Crippen LogP contribution in [0.15, 0.2) is 12.1 Å². The van der Waals surface area contributed by atoms with Gasteiger partial charge in [-0.3, -0.25) is 4.79 Å². The molecule has 1 aliphatic carbocycles. The number of halogens is 1. The predicted molar refractivity (Wildman–Crippen MR) is 100 cm³/mol. The minimum absolute atomic E-state index is 0. The van der Waals surface area contributed by atoms with Gasteiger partial charge in [0.2, 0.25) is 5.91 Å². The van der Waals surface area contributed by atoms with E-state index in [2.05, 4.69) is 5.32 Å². The molecule has 2 rings (SSSR count). The topological polar surface area (TPSA) is 82.8 Å². The molecule has 1 fully saturated rings. The van der Waals surface area contributed by atoms with Crippen molar-refractivity contribution in [3.05, 3.63) is 17.7 Å². The zero-order valence-corrected chi connectivity index (χ0v) is 16.0. The number of carbonyl (C=O) groups is 1. The van der Waals surface area contributed by atoms with Crippen molar-refractivity contribution in [3.8, 4) is 17.2 Å². The smallest absolute Gasteiger partial charge is 0.240 e. The van der Waals surface area contributed by atoms with Crippen LogP contribution in [0.25, 0.3) is 0 Å². The monoisotopic (exact) mass is 372 g/mol. The zero-order chi connectivity index (χ0) is 17.6. The lowest BCUT2D eigenvalue weighted by molar-refractivity contribution is -0.127. The van der Waals surface area contributed by atoms with Gasteiger partial charge in [0.15, 0.2) is 0 Å². The highest BCUT2D eigenvalue weighted by Crippen LogP contribution is 2.34. The summed E-state index contributed by atoms with van der Waals surface area (Å²) in [5.74, 6) is 1.97. The van der Waals surface area contributed by atoms with E-state index in [4.69, 9.17) is 19.9 Å². The second kappa shape index (κ2) is 9.73. The molecule has 142 valence electrons. The average Bonchev–Trinajstić information content (AvgIpc) is 2.61. The molecular formula is C18H29ClN2O4. The average molecular weight is 373 g/mol. The van der Waals surface area contributed by atoms with E-state index in [9.17, 15) is 4.79 Å². The fourth-order valence-corrected chi connectivity index (χ4v) is 3.21. The molecule has 6 nitrogen and oxygen atoms in total. The molecule has 0 atom stereocenters. The summed E-state index contributed by atoms with van der Waals surface area (Å²) in [5, 5.41) is 2.97. The molecule has 0 aliphatic heterocycles. The summed E-state index contributed by atoms with van der Waals surface area (Å²) in [6, 6.07) is 3.62. The summed E-state index contributed by atoms with van der Waals surface area (Å²) >= 11 is 0. The van der Waals surface area contributed by atoms with Crippen LogP contribution in [0.4, 0.5) is 0 Å². The summed E-state index contributed by atoms with van der Waals surface area (Å²) in [6.45, 7) is 0.483. The van der Waals surface area contributed by atoms with Crippen molar-refractivity contribution in [2.24, 2.45) is 5.73 Å². The Hall–Kier alpha value is -1.66. The van der Waals surface area contributed by atoms with E-state index in [0.29, 0.717) is 30.2 Å². The highest BCUT2D eigenvalue weighted by atomic mass is 35.5. The van der Waals surface area contributed by atoms with Crippen molar-refractivity contribution in [2.75, 3.05) is 27.9 Å². The second-order valence-corrected chi connectivity index (χ2v) is 6.23. The van der Waals surface area contributed by atoms with Gasteiger partial charge in [-0.1, -0.05) is 19.3 Å². The van der Waals surface area contributed by atoms with Crippen LogP contribution >= 0.6 is 12.4 Å². The number of rotatable bonds is 7. The van der Waals surface area contributed by atoms with E-state index in [1.807, 2.05) is 12.1 Å². The molecule has 3 N–H and O–H groups in total. The quantitative estimate of drug-likeness (QED) is 0.768. The Kier molecular flexibility index (Phi) is 8.32. The Morgan fingerprint density at radius 1 is 1.08 bits per heavy atom. The third-order valence-corrected chi connectivity index (χ3v) is 4.68. The maximum Gasteiger partial charge on any atom is 0.240 e. The van der Waals surface area contributed by atoms with Crippen molar-refractivity contribution in [1.29, 1.82) is 0 Å². The Balaban J connectivity index is 0.00000312. The fourth-order valence-electron chi connectivity index (χ4n) is 3.21. The summed E-state index contributed by atoms with van der Waals surface area (Å²) in [7, 11) is 4.80. The standard InChI is InChI=1S/C18H28N2O4.ClH/c1-22-13-11-15(23-2)14(16(12-13)24-3)7-10-20-17(21)18(19)8-5-4-6-9-18;/h11-12H,4-10,19H2,1-3H3,(H,20,21);1H. The molecule has 0 aromatic heterocycles. The van der Waals surface area contributed by atoms with Crippen molar-refractivity contribution < 1.29 is 19.0 Å². The summed E-state index contributed by atoms with van der Waals surface area (Å²) in [5.41, 5.74) is 6.44. The molecule has 1 aromatic carbocycles. The number of benzene rings is 1. The lowest BCUT2D eigenvalue weighted by Gasteiger charge is -2.31. The number of ether oxygens (including phenoxy) is 3. The minimum atomic E-state index is -0.716. The van der Waals surface area contributed by atoms with E-state index in [1.165, 1.54) is 0 Å². The number of nitrogens with two attached hydrogens (primary N) is 1. The predicted octanol–water partition coefficient (Wildman–Crippen LogP) is 2.45. The van der Waals surface area contributed by atoms with Crippen LogP contribution in [-0.2, 0) is 11.2 Å². The SMILES string of the molecule is COc1cc(OC)c(CCNC(=O)C2(N)CCCCC2)c(OC)c1.Cl. The van der Waals surface area contributed by atoms with Gasteiger partial charge in [0.05, 0.1) is 26.9 Å². The molecule has 1 aliphatic rings. The third-order valence-electron chi connectivity index (χ3n) is 4.68. The van der Waals surface area contributed by atoms with Gasteiger partial charge in [-0.25, -0.2) is 0 Å². The maximum atomic E-state index is 12.4. The number of nitrogens with one attached hydrogen (secondary N) is 1. The summed E-state index contributed by atoms with van der Waals surface area (Å²) < 4.78 is 16.1. The molecule has 0 radical (unpaired) electrons. The van der Waals surface area contributed by atoms with Gasteiger partial charge in [0.25, 0.3) is 0 Å². The van der Waals surface area contributed by atoms with Crippen molar-refractivity contribution in [2.45, 2.75) is 44.1 Å². The van der Waals surface area contributed by atoms with E-state index < -0.39 is 5.54 Å². The molecule has 0 heterocycles. The molecule has 1 amide bonds. The summed E-state index contributed by atoms with van der Waals surface area (Å²) in [4.78, 5) is 12.4. The number of carbonyl (C=O) groups excluding carboxylic acids is 1. The van der Waals surface area contributed by atoms with E-state index in [0.717, 1.165) is 37.7 Å². The lowest BCUT2D eigenvalue weighted by Crippen LogP contribution is -2.55. The van der Waals surface area contributed by atoms with Crippen molar-refractivity contribution in [3.63, 3.8) is 0 Å². The Morgan fingerprint density at radius 3 is 2.12 bits per heavy atom. The Labute approximate surface area is 155 Å². The van der Waals surface area contributed by atoms with Crippen LogP contribution in [0.3, 0.4) is 0 Å². The lowest BCUT2D eigenvalue weighted by atomic mass is 9.82. The molecule has 7 heteroatoms. The largest absolute Gasteiger partial charge is 0.496 e. The maximum absolute atomic E-state index is 12.4. The number of amides is 1. The van der Waals surface area contributed by atoms with Crippen LogP contribution in [0, 0.1) is 0 Å². The van der Waals surface area contributed by atoms with Crippen molar-refractivity contribution >= 4 is 18.3 Å². The highest BCUT2D eigenvalue weighted by Gasteiger charge is 2.34. The van der Waals surface area contributed by atoms with Gasteiger partial charge in [0, 0.05) is 24.2 Å². The zero-order valence-electron chi connectivity index (χ0n) is 15.2. The fraction of sp³-hybridized carbons (Fsp3) is 0.611. The van der Waals surface area contributed by atoms with Crippen LogP contribution < -0.4 is 25.3 Å². The van der Waals surface area contributed by atoms with E-state index >= 15 is 0 Å². The normalized spacial score (nSPS) is 15.7. The molecule has 0 unspecified atom stereocenters. The molecule has 0 saturated heterocycles. The van der Waals surface area contributed by atoms with Gasteiger partial charge in [0.1, 0.15) is 17.2 Å². The third kappa shape index (κ3) is 5.16. The van der Waals surface area contributed by atoms with Crippen LogP contribution in [0.5, 0.6) is 17.2 Å². The van der Waals surface area contributed by atoms with Crippen LogP contribution in [0.1, 0.15) is 37.7 Å². The van der Waals surface area contributed by atoms with E-state index in [1.54, 1.807) is 21.3 Å². The molecule has 1 saturated carbocycles. The second-order valence-electron chi connectivity index (χ2n) is 6.23. The first-order chi connectivity index (χ1) is 11.5. The molecule has 0 spiro atoms. The summed E-state index contributed by atoms with van der Waals surface area (Å²) in [6.07, 6.45) is 5.31. The van der Waals surface area contributed by atoms with Crippen molar-refractivity contribution in [1.82, 2.24) is 5.32 Å². The Morgan fingerprint density at radius 2 is 1.64 bits per heavy atom. The first kappa shape index (κ1) is 21.4. The molecule has 0 bridgehead atoms. The molecular weight excluding hydrogens is 344 g/mol. The van der Waals surface area contributed by atoms with E-state index in [-0.39, 0.29) is 18.3 Å². The van der Waals surface area contributed by atoms with Gasteiger partial charge < -0.3 is 25.3 Å². The van der Waals surface area contributed by atoms with Crippen LogP contribution in [-0.4, -0.2) is 39.3 Å². The van der Waals surface area contributed by atoms with Crippen LogP contribution in [0.2, 0.25) is 0 Å². The first-order valence-corrected chi connectivity index (χ1v) is 8.40. The number of hydrogen-bond donors (Lipinski definition) is 2. The molecule has 25 heavy (non-hydrogen) atoms. The van der Waals surface area contributed by atoms with Gasteiger partial charge in [-0.15, -0.1) is 12.4 Å². The minimum Gasteiger partial charge on any atom is -0.496 e. The molecule has 1 aromatic rings. The first-order valence-electron chi connectivity index (χ1n) is 8.40. The van der Waals surface area contributed by atoms with Gasteiger partial charge in [-0.05, 0) is 19.3 Å². The number of hydrogen-bond acceptors (Lipinski definition) is 5. The number of methoxy groups -OCH3 is 3. The Bertz CT molecular complexity index is 549. The highest BCUT2D eigenvalue weighted by molar-refractivity contribution is 5.86. The van der Waals surface area contributed by atoms with Gasteiger partial charge >= 0.3 is 0 Å². The van der Waals surface area contributed by atoms with Gasteiger partial charge in [-0.2, -0.15) is 0 Å².